The van der Waals surface area contributed by atoms with Crippen molar-refractivity contribution in [3.8, 4) is 5.69 Å². The summed E-state index contributed by atoms with van der Waals surface area (Å²) >= 11 is 0. The van der Waals surface area contributed by atoms with Crippen molar-refractivity contribution in [1.29, 1.82) is 0 Å². The van der Waals surface area contributed by atoms with E-state index in [-0.39, 0.29) is 5.82 Å². The summed E-state index contributed by atoms with van der Waals surface area (Å²) in [5.41, 5.74) is -0.798. The minimum absolute atomic E-state index is 0.360. The highest BCUT2D eigenvalue weighted by Crippen LogP contribution is 2.18. The predicted octanol–water partition coefficient (Wildman–Crippen LogP) is 2.09. The zero-order chi connectivity index (χ0) is 16.4. The molecule has 0 aliphatic rings. The van der Waals surface area contributed by atoms with Gasteiger partial charge in [-0.25, -0.2) is 13.6 Å². The third-order valence-electron chi connectivity index (χ3n) is 3.03. The van der Waals surface area contributed by atoms with Gasteiger partial charge in [0.15, 0.2) is 0 Å². The highest BCUT2D eigenvalue weighted by molar-refractivity contribution is 6.01. The van der Waals surface area contributed by atoms with Crippen molar-refractivity contribution in [3.05, 3.63) is 76.5 Å². The fourth-order valence-electron chi connectivity index (χ4n) is 1.96. The lowest BCUT2D eigenvalue weighted by molar-refractivity contribution is 0.101. The van der Waals surface area contributed by atoms with Crippen molar-refractivity contribution in [2.45, 2.75) is 0 Å². The number of hydrogen-bond donors (Lipinski definition) is 2. The maximum absolute atomic E-state index is 13.5. The van der Waals surface area contributed by atoms with Crippen molar-refractivity contribution in [2.24, 2.45) is 0 Å². The van der Waals surface area contributed by atoms with E-state index in [9.17, 15) is 18.4 Å². The van der Waals surface area contributed by atoms with E-state index in [4.69, 9.17) is 0 Å². The first-order valence-electron chi connectivity index (χ1n) is 6.56. The zero-order valence-corrected chi connectivity index (χ0v) is 11.6. The van der Waals surface area contributed by atoms with Crippen molar-refractivity contribution in [1.82, 2.24) is 14.8 Å². The van der Waals surface area contributed by atoms with Crippen LogP contribution in [0.5, 0.6) is 0 Å². The number of carbonyl (C=O) groups is 1. The molecule has 0 bridgehead atoms. The van der Waals surface area contributed by atoms with Crippen LogP contribution in [0.4, 0.5) is 14.5 Å². The third kappa shape index (κ3) is 2.86. The molecule has 116 valence electrons. The van der Waals surface area contributed by atoms with Gasteiger partial charge in [0, 0.05) is 0 Å². The van der Waals surface area contributed by atoms with Crippen LogP contribution in [-0.2, 0) is 0 Å². The van der Waals surface area contributed by atoms with E-state index >= 15 is 0 Å². The number of para-hydroxylation sites is 2. The summed E-state index contributed by atoms with van der Waals surface area (Å²) in [6, 6.07) is 11.6. The van der Waals surface area contributed by atoms with Gasteiger partial charge in [-0.1, -0.05) is 24.3 Å². The van der Waals surface area contributed by atoms with Gasteiger partial charge in [0.25, 0.3) is 5.91 Å². The molecule has 8 heteroatoms. The van der Waals surface area contributed by atoms with Gasteiger partial charge in [-0.2, -0.15) is 4.68 Å². The lowest BCUT2D eigenvalue weighted by Gasteiger charge is -2.05. The number of anilines is 1. The Morgan fingerprint density at radius 1 is 1.04 bits per heavy atom. The first kappa shape index (κ1) is 14.6. The number of rotatable bonds is 3. The van der Waals surface area contributed by atoms with Crippen LogP contribution in [0, 0.1) is 11.6 Å². The molecule has 1 amide bonds. The number of carbonyl (C=O) groups excluding carboxylic acids is 1. The molecular formula is C15H10F2N4O2. The molecule has 0 spiro atoms. The topological polar surface area (TPSA) is 79.8 Å². The van der Waals surface area contributed by atoms with Gasteiger partial charge in [-0.3, -0.25) is 9.78 Å². The summed E-state index contributed by atoms with van der Waals surface area (Å²) in [6.45, 7) is 0. The van der Waals surface area contributed by atoms with Crippen LogP contribution < -0.4 is 11.0 Å². The number of hydrogen-bond acceptors (Lipinski definition) is 3. The van der Waals surface area contributed by atoms with Crippen LogP contribution in [-0.4, -0.2) is 20.7 Å². The number of aromatic nitrogens is 3. The van der Waals surface area contributed by atoms with Gasteiger partial charge < -0.3 is 5.32 Å². The summed E-state index contributed by atoms with van der Waals surface area (Å²) < 4.78 is 28.0. The lowest BCUT2D eigenvalue weighted by atomic mass is 10.3. The highest BCUT2D eigenvalue weighted by atomic mass is 19.1. The Morgan fingerprint density at radius 2 is 1.70 bits per heavy atom. The van der Waals surface area contributed by atoms with E-state index in [1.807, 2.05) is 0 Å². The summed E-state index contributed by atoms with van der Waals surface area (Å²) in [5, 5.41) is 5.88. The molecule has 0 saturated heterocycles. The molecule has 0 aliphatic carbocycles. The molecule has 0 radical (unpaired) electrons. The van der Waals surface area contributed by atoms with Crippen LogP contribution in [0.15, 0.2) is 53.3 Å². The number of nitrogens with zero attached hydrogens (tertiary/aromatic N) is 2. The molecule has 0 unspecified atom stereocenters. The van der Waals surface area contributed by atoms with E-state index in [1.54, 1.807) is 30.3 Å². The molecule has 2 aromatic carbocycles. The number of aromatic amines is 1. The molecule has 0 aliphatic heterocycles. The second-order valence-corrected chi connectivity index (χ2v) is 4.58. The van der Waals surface area contributed by atoms with E-state index in [0.717, 1.165) is 16.8 Å². The summed E-state index contributed by atoms with van der Waals surface area (Å²) in [5.74, 6) is -3.14. The maximum atomic E-state index is 13.5. The van der Waals surface area contributed by atoms with Gasteiger partial charge >= 0.3 is 5.69 Å². The minimum atomic E-state index is -0.930. The molecular weight excluding hydrogens is 306 g/mol. The number of benzene rings is 2. The Morgan fingerprint density at radius 3 is 2.35 bits per heavy atom. The first-order valence-corrected chi connectivity index (χ1v) is 6.56. The molecule has 1 aromatic heterocycles. The Kier molecular flexibility index (Phi) is 3.71. The summed E-state index contributed by atoms with van der Waals surface area (Å²) in [6.07, 6.45) is 0. The Bertz CT molecular complexity index is 898. The van der Waals surface area contributed by atoms with Crippen LogP contribution in [0.3, 0.4) is 0 Å². The smallest absolute Gasteiger partial charge is 0.314 e. The summed E-state index contributed by atoms with van der Waals surface area (Å²) in [7, 11) is 0. The quantitative estimate of drug-likeness (QED) is 0.776. The monoisotopic (exact) mass is 316 g/mol. The van der Waals surface area contributed by atoms with E-state index in [1.165, 1.54) is 6.07 Å². The van der Waals surface area contributed by atoms with Gasteiger partial charge in [-0.05, 0) is 24.3 Å². The molecule has 1 heterocycles. The van der Waals surface area contributed by atoms with Crippen molar-refractivity contribution < 1.29 is 13.6 Å². The van der Waals surface area contributed by atoms with Gasteiger partial charge in [0.1, 0.15) is 17.3 Å². The lowest BCUT2D eigenvalue weighted by Crippen LogP contribution is -2.16. The minimum Gasteiger partial charge on any atom is -0.314 e. The standard InChI is InChI=1S/C15H10F2N4O2/c16-10-7-4-8-11(17)12(10)18-14(22)13-19-15(23)21(20-13)9-5-2-1-3-6-9/h1-8H,(H,18,22)(H,19,20,23). The van der Waals surface area contributed by atoms with Crippen LogP contribution in [0.2, 0.25) is 0 Å². The second kappa shape index (κ2) is 5.84. The Labute approximate surface area is 128 Å². The normalized spacial score (nSPS) is 10.5. The van der Waals surface area contributed by atoms with Gasteiger partial charge in [0.2, 0.25) is 5.82 Å². The molecule has 3 aromatic rings. The molecule has 3 rings (SSSR count). The predicted molar refractivity (Wildman–Crippen MR) is 78.5 cm³/mol. The molecule has 2 N–H and O–H groups in total. The summed E-state index contributed by atoms with van der Waals surface area (Å²) in [4.78, 5) is 26.1. The molecule has 6 nitrogen and oxygen atoms in total. The number of amides is 1. The molecule has 0 fully saturated rings. The first-order chi connectivity index (χ1) is 11.1. The fraction of sp³-hybridized carbons (Fsp3) is 0. The van der Waals surface area contributed by atoms with Gasteiger partial charge in [-0.15, -0.1) is 5.10 Å². The third-order valence-corrected chi connectivity index (χ3v) is 3.03. The molecule has 0 atom stereocenters. The van der Waals surface area contributed by atoms with Crippen LogP contribution in [0.25, 0.3) is 5.69 Å². The average molecular weight is 316 g/mol. The number of H-pyrrole nitrogens is 1. The van der Waals surface area contributed by atoms with Gasteiger partial charge in [0.05, 0.1) is 5.69 Å². The SMILES string of the molecule is O=C(Nc1c(F)cccc1F)c1nn(-c2ccccc2)c(=O)[nH]1. The number of nitrogens with one attached hydrogen (secondary N) is 2. The van der Waals surface area contributed by atoms with Crippen molar-refractivity contribution in [3.63, 3.8) is 0 Å². The highest BCUT2D eigenvalue weighted by Gasteiger charge is 2.18. The Balaban J connectivity index is 1.91. The van der Waals surface area contributed by atoms with Crippen molar-refractivity contribution >= 4 is 11.6 Å². The van der Waals surface area contributed by atoms with Crippen LogP contribution >= 0.6 is 0 Å². The van der Waals surface area contributed by atoms with E-state index in [2.05, 4.69) is 15.4 Å². The second-order valence-electron chi connectivity index (χ2n) is 4.58. The Hall–Kier alpha value is -3.29. The van der Waals surface area contributed by atoms with E-state index in [0.29, 0.717) is 5.69 Å². The maximum Gasteiger partial charge on any atom is 0.348 e. The fourth-order valence-corrected chi connectivity index (χ4v) is 1.96. The molecule has 23 heavy (non-hydrogen) atoms. The van der Waals surface area contributed by atoms with E-state index < -0.39 is 28.9 Å². The molecule has 0 saturated carbocycles. The van der Waals surface area contributed by atoms with Crippen LogP contribution in [0.1, 0.15) is 10.6 Å². The zero-order valence-electron chi connectivity index (χ0n) is 11.6. The average Bonchev–Trinajstić information content (AvgIpc) is 2.94. The van der Waals surface area contributed by atoms with Crippen molar-refractivity contribution in [2.75, 3.05) is 5.32 Å². The largest absolute Gasteiger partial charge is 0.348 e. The number of halogens is 2.